The van der Waals surface area contributed by atoms with Crippen LogP contribution in [0.3, 0.4) is 0 Å². The molecule has 0 saturated carbocycles. The number of rotatable bonds is 7. The van der Waals surface area contributed by atoms with Crippen LogP contribution in [0.2, 0.25) is 5.02 Å². The van der Waals surface area contributed by atoms with Crippen molar-refractivity contribution in [2.45, 2.75) is 19.6 Å². The Hall–Kier alpha value is -3.23. The summed E-state index contributed by atoms with van der Waals surface area (Å²) in [6, 6.07) is 15.3. The number of aromatic nitrogens is 2. The van der Waals surface area contributed by atoms with E-state index < -0.39 is 4.92 Å². The number of halogens is 1. The summed E-state index contributed by atoms with van der Waals surface area (Å²) in [5.41, 5.74) is 14.0. The third-order valence-electron chi connectivity index (χ3n) is 4.22. The van der Waals surface area contributed by atoms with Crippen molar-refractivity contribution in [2.24, 2.45) is 5.73 Å². The van der Waals surface area contributed by atoms with Crippen LogP contribution < -0.4 is 16.4 Å². The van der Waals surface area contributed by atoms with Gasteiger partial charge in [-0.25, -0.2) is 4.98 Å². The molecule has 1 aromatic heterocycles. The van der Waals surface area contributed by atoms with Crippen molar-refractivity contribution in [2.75, 3.05) is 10.6 Å². The van der Waals surface area contributed by atoms with Gasteiger partial charge in [0.2, 0.25) is 11.8 Å². The summed E-state index contributed by atoms with van der Waals surface area (Å²) in [6.45, 7) is 1.34. The monoisotopic (exact) mass is 398 g/mol. The predicted molar refractivity (Wildman–Crippen MR) is 109 cm³/mol. The normalized spacial score (nSPS) is 10.6. The van der Waals surface area contributed by atoms with Gasteiger partial charge in [-0.15, -0.1) is 0 Å². The van der Waals surface area contributed by atoms with Crippen LogP contribution in [0.15, 0.2) is 54.7 Å². The van der Waals surface area contributed by atoms with Gasteiger partial charge >= 0.3 is 5.69 Å². The van der Waals surface area contributed by atoms with E-state index >= 15 is 0 Å². The third kappa shape index (κ3) is 4.54. The van der Waals surface area contributed by atoms with Crippen LogP contribution in [0.5, 0.6) is 0 Å². The van der Waals surface area contributed by atoms with E-state index in [0.29, 0.717) is 24.7 Å². The van der Waals surface area contributed by atoms with Crippen molar-refractivity contribution in [1.82, 2.24) is 9.97 Å². The van der Waals surface area contributed by atoms with E-state index in [-0.39, 0.29) is 17.5 Å². The maximum atomic E-state index is 11.0. The summed E-state index contributed by atoms with van der Waals surface area (Å²) in [5.74, 6) is 0.101. The molecule has 0 radical (unpaired) electrons. The van der Waals surface area contributed by atoms with Gasteiger partial charge in [0.05, 0.1) is 4.92 Å². The molecule has 28 heavy (non-hydrogen) atoms. The molecular weight excluding hydrogens is 380 g/mol. The standard InChI is InChI=1S/C19H19ClN6O2/c20-16-4-2-1-3-15(16)12-25(11-14-7-5-13(9-21)6-8-14)19-23-10-17(26(27)28)18(22)24-19/h1-8,10H,9,11-12,21H2,(H2,22,23,24). The summed E-state index contributed by atoms with van der Waals surface area (Å²) in [5, 5.41) is 11.6. The molecule has 0 spiro atoms. The zero-order valence-electron chi connectivity index (χ0n) is 15.0. The fourth-order valence-corrected chi connectivity index (χ4v) is 2.90. The van der Waals surface area contributed by atoms with Crippen LogP contribution in [0.25, 0.3) is 0 Å². The molecule has 3 aromatic rings. The molecule has 0 bridgehead atoms. The number of hydrogen-bond acceptors (Lipinski definition) is 7. The minimum Gasteiger partial charge on any atom is -0.378 e. The second kappa shape index (κ2) is 8.64. The first-order chi connectivity index (χ1) is 13.5. The van der Waals surface area contributed by atoms with Crippen LogP contribution in [0, 0.1) is 10.1 Å². The van der Waals surface area contributed by atoms with Crippen molar-refractivity contribution in [3.63, 3.8) is 0 Å². The lowest BCUT2D eigenvalue weighted by atomic mass is 10.1. The van der Waals surface area contributed by atoms with E-state index in [2.05, 4.69) is 9.97 Å². The molecule has 144 valence electrons. The quantitative estimate of drug-likeness (QED) is 0.462. The molecule has 0 amide bonds. The van der Waals surface area contributed by atoms with E-state index in [4.69, 9.17) is 23.1 Å². The smallest absolute Gasteiger partial charge is 0.329 e. The van der Waals surface area contributed by atoms with Crippen LogP contribution >= 0.6 is 11.6 Å². The van der Waals surface area contributed by atoms with E-state index in [9.17, 15) is 10.1 Å². The van der Waals surface area contributed by atoms with E-state index in [1.54, 1.807) is 6.07 Å². The van der Waals surface area contributed by atoms with Gasteiger partial charge in [-0.2, -0.15) is 4.98 Å². The first kappa shape index (κ1) is 19.5. The molecule has 4 N–H and O–H groups in total. The molecule has 0 saturated heterocycles. The Balaban J connectivity index is 1.94. The highest BCUT2D eigenvalue weighted by Gasteiger charge is 2.19. The van der Waals surface area contributed by atoms with E-state index in [1.807, 2.05) is 47.4 Å². The highest BCUT2D eigenvalue weighted by molar-refractivity contribution is 6.31. The summed E-state index contributed by atoms with van der Waals surface area (Å²) in [7, 11) is 0. The predicted octanol–water partition coefficient (Wildman–Crippen LogP) is 3.29. The Bertz CT molecular complexity index is 980. The van der Waals surface area contributed by atoms with Gasteiger partial charge in [0, 0.05) is 24.7 Å². The largest absolute Gasteiger partial charge is 0.378 e. The average molecular weight is 399 g/mol. The number of nitrogens with two attached hydrogens (primary N) is 2. The number of benzene rings is 2. The minimum atomic E-state index is -0.608. The molecule has 0 fully saturated rings. The van der Waals surface area contributed by atoms with Gasteiger partial charge < -0.3 is 16.4 Å². The molecule has 1 heterocycles. The van der Waals surface area contributed by atoms with Crippen LogP contribution in [-0.2, 0) is 19.6 Å². The first-order valence-corrected chi connectivity index (χ1v) is 8.89. The Morgan fingerprint density at radius 1 is 1.07 bits per heavy atom. The van der Waals surface area contributed by atoms with Crippen LogP contribution in [-0.4, -0.2) is 14.9 Å². The zero-order chi connectivity index (χ0) is 20.1. The highest BCUT2D eigenvalue weighted by atomic mass is 35.5. The summed E-state index contributed by atoms with van der Waals surface area (Å²) < 4.78 is 0. The van der Waals surface area contributed by atoms with Gasteiger partial charge in [0.15, 0.2) is 0 Å². The Morgan fingerprint density at radius 3 is 2.36 bits per heavy atom. The van der Waals surface area contributed by atoms with Crippen LogP contribution in [0.4, 0.5) is 17.5 Å². The molecule has 0 aliphatic carbocycles. The number of nitro groups is 1. The first-order valence-electron chi connectivity index (χ1n) is 8.51. The SMILES string of the molecule is NCc1ccc(CN(Cc2ccccc2Cl)c2ncc([N+](=O)[O-])c(N)n2)cc1. The van der Waals surface area contributed by atoms with Crippen LogP contribution in [0.1, 0.15) is 16.7 Å². The van der Waals surface area contributed by atoms with E-state index in [1.165, 1.54) is 0 Å². The lowest BCUT2D eigenvalue weighted by Crippen LogP contribution is -2.25. The summed E-state index contributed by atoms with van der Waals surface area (Å²) >= 11 is 6.30. The lowest BCUT2D eigenvalue weighted by Gasteiger charge is -2.23. The van der Waals surface area contributed by atoms with Gasteiger partial charge in [-0.05, 0) is 22.8 Å². The fraction of sp³-hybridized carbons (Fsp3) is 0.158. The van der Waals surface area contributed by atoms with Crippen molar-refractivity contribution < 1.29 is 4.92 Å². The zero-order valence-corrected chi connectivity index (χ0v) is 15.7. The average Bonchev–Trinajstić information content (AvgIpc) is 2.69. The number of hydrogen-bond donors (Lipinski definition) is 2. The topological polar surface area (TPSA) is 124 Å². The Morgan fingerprint density at radius 2 is 1.75 bits per heavy atom. The Labute approximate surface area is 166 Å². The van der Waals surface area contributed by atoms with Crippen molar-refractivity contribution in [3.8, 4) is 0 Å². The summed E-state index contributed by atoms with van der Waals surface area (Å²) in [6.07, 6.45) is 1.12. The minimum absolute atomic E-state index is 0.183. The maximum Gasteiger partial charge on any atom is 0.329 e. The molecule has 2 aromatic carbocycles. The summed E-state index contributed by atoms with van der Waals surface area (Å²) in [4.78, 5) is 20.5. The molecule has 0 aliphatic rings. The fourth-order valence-electron chi connectivity index (χ4n) is 2.70. The van der Waals surface area contributed by atoms with Gasteiger partial charge in [-0.3, -0.25) is 10.1 Å². The molecule has 3 rings (SSSR count). The molecular formula is C19H19ClN6O2. The Kier molecular flexibility index (Phi) is 6.03. The lowest BCUT2D eigenvalue weighted by molar-refractivity contribution is -0.384. The van der Waals surface area contributed by atoms with Crippen molar-refractivity contribution in [1.29, 1.82) is 0 Å². The molecule has 0 unspecified atom stereocenters. The molecule has 0 aliphatic heterocycles. The number of anilines is 2. The second-order valence-electron chi connectivity index (χ2n) is 6.17. The molecule has 9 heteroatoms. The maximum absolute atomic E-state index is 11.0. The van der Waals surface area contributed by atoms with E-state index in [0.717, 1.165) is 22.9 Å². The number of nitrogen functional groups attached to an aromatic ring is 1. The highest BCUT2D eigenvalue weighted by Crippen LogP contribution is 2.25. The number of nitrogens with zero attached hydrogens (tertiary/aromatic N) is 4. The van der Waals surface area contributed by atoms with Crippen molar-refractivity contribution >= 4 is 29.1 Å². The van der Waals surface area contributed by atoms with Gasteiger partial charge in [0.1, 0.15) is 6.20 Å². The molecule has 0 atom stereocenters. The second-order valence-corrected chi connectivity index (χ2v) is 6.57. The third-order valence-corrected chi connectivity index (χ3v) is 4.58. The van der Waals surface area contributed by atoms with Crippen molar-refractivity contribution in [3.05, 3.63) is 86.6 Å². The molecule has 8 nitrogen and oxygen atoms in total. The van der Waals surface area contributed by atoms with Gasteiger partial charge in [-0.1, -0.05) is 54.1 Å². The van der Waals surface area contributed by atoms with Gasteiger partial charge in [0.25, 0.3) is 0 Å².